The summed E-state index contributed by atoms with van der Waals surface area (Å²) in [6, 6.07) is 0. The van der Waals surface area contributed by atoms with E-state index in [2.05, 4.69) is 0 Å². The molecule has 0 aromatic carbocycles. The fraction of sp³-hybridized carbons (Fsp3) is 0.923. The molecule has 1 aliphatic heterocycles. The second-order valence-corrected chi connectivity index (χ2v) is 5.50. The van der Waals surface area contributed by atoms with Crippen LogP contribution in [0.15, 0.2) is 0 Å². The van der Waals surface area contributed by atoms with Gasteiger partial charge in [-0.1, -0.05) is 0 Å². The highest BCUT2D eigenvalue weighted by atomic mass is 16.8. The van der Waals surface area contributed by atoms with E-state index in [1.165, 1.54) is 0 Å². The van der Waals surface area contributed by atoms with Crippen molar-refractivity contribution in [1.82, 2.24) is 0 Å². The summed E-state index contributed by atoms with van der Waals surface area (Å²) >= 11 is 0. The monoisotopic (exact) mass is 242 g/mol. The van der Waals surface area contributed by atoms with E-state index in [4.69, 9.17) is 14.2 Å². The van der Waals surface area contributed by atoms with Crippen molar-refractivity contribution in [2.75, 3.05) is 13.2 Å². The molecule has 4 heteroatoms. The van der Waals surface area contributed by atoms with Crippen LogP contribution in [0.1, 0.15) is 46.5 Å². The van der Waals surface area contributed by atoms with Gasteiger partial charge in [-0.2, -0.15) is 0 Å². The first kappa shape index (κ1) is 12.8. The Bertz CT molecular complexity index is 290. The molecular weight excluding hydrogens is 220 g/mol. The van der Waals surface area contributed by atoms with Crippen molar-refractivity contribution in [2.45, 2.75) is 57.8 Å². The molecule has 17 heavy (non-hydrogen) atoms. The fourth-order valence-corrected chi connectivity index (χ4v) is 2.77. The second-order valence-electron chi connectivity index (χ2n) is 5.50. The van der Waals surface area contributed by atoms with Crippen molar-refractivity contribution < 1.29 is 19.0 Å². The summed E-state index contributed by atoms with van der Waals surface area (Å²) in [6.07, 6.45) is 3.47. The number of esters is 1. The number of hydrogen-bond donors (Lipinski definition) is 0. The van der Waals surface area contributed by atoms with Crippen molar-refractivity contribution in [3.8, 4) is 0 Å². The summed E-state index contributed by atoms with van der Waals surface area (Å²) < 4.78 is 16.7. The van der Waals surface area contributed by atoms with Gasteiger partial charge >= 0.3 is 5.97 Å². The second kappa shape index (κ2) is 4.58. The molecule has 0 bridgehead atoms. The number of rotatable bonds is 2. The predicted molar refractivity (Wildman–Crippen MR) is 62.4 cm³/mol. The topological polar surface area (TPSA) is 44.8 Å². The molecule has 2 rings (SSSR count). The Kier molecular flexibility index (Phi) is 3.46. The molecule has 0 amide bonds. The Morgan fingerprint density at radius 1 is 1.35 bits per heavy atom. The molecule has 2 aliphatic rings. The summed E-state index contributed by atoms with van der Waals surface area (Å²) in [4.78, 5) is 11.6. The molecule has 4 nitrogen and oxygen atoms in total. The van der Waals surface area contributed by atoms with Crippen LogP contribution in [0.4, 0.5) is 0 Å². The standard InChI is InChI=1S/C13H22O4/c1-4-15-11(14)10-5-7-13(8-6-10)9-16-12(2,3)17-13/h10H,4-9H2,1-3H3. The minimum Gasteiger partial charge on any atom is -0.466 e. The Labute approximate surface area is 103 Å². The zero-order chi connectivity index (χ0) is 12.5. The molecule has 0 unspecified atom stereocenters. The van der Waals surface area contributed by atoms with Gasteiger partial charge in [-0.05, 0) is 46.5 Å². The van der Waals surface area contributed by atoms with Crippen LogP contribution in [-0.2, 0) is 19.0 Å². The number of carbonyl (C=O) groups is 1. The first-order valence-electron chi connectivity index (χ1n) is 6.47. The van der Waals surface area contributed by atoms with Gasteiger partial charge in [-0.25, -0.2) is 0 Å². The molecule has 1 spiro atoms. The average molecular weight is 242 g/mol. The van der Waals surface area contributed by atoms with Gasteiger partial charge in [0.25, 0.3) is 0 Å². The van der Waals surface area contributed by atoms with Crippen LogP contribution < -0.4 is 0 Å². The third-order valence-electron chi connectivity index (χ3n) is 3.66. The SMILES string of the molecule is CCOC(=O)C1CCC2(CC1)COC(C)(C)O2. The highest BCUT2D eigenvalue weighted by molar-refractivity contribution is 5.72. The molecule has 0 radical (unpaired) electrons. The van der Waals surface area contributed by atoms with Crippen LogP contribution in [0.2, 0.25) is 0 Å². The van der Waals surface area contributed by atoms with E-state index in [0.717, 1.165) is 25.7 Å². The average Bonchev–Trinajstić information content (AvgIpc) is 2.56. The normalized spacial score (nSPS) is 36.1. The predicted octanol–water partition coefficient (Wildman–Crippen LogP) is 2.26. The molecular formula is C13H22O4. The van der Waals surface area contributed by atoms with Crippen molar-refractivity contribution in [2.24, 2.45) is 5.92 Å². The first-order valence-corrected chi connectivity index (χ1v) is 6.47. The fourth-order valence-electron chi connectivity index (χ4n) is 2.77. The van der Waals surface area contributed by atoms with Crippen molar-refractivity contribution in [1.29, 1.82) is 0 Å². The Morgan fingerprint density at radius 3 is 2.47 bits per heavy atom. The highest BCUT2D eigenvalue weighted by Crippen LogP contribution is 2.43. The summed E-state index contributed by atoms with van der Waals surface area (Å²) in [6.45, 7) is 6.85. The maximum Gasteiger partial charge on any atom is 0.308 e. The lowest BCUT2D eigenvalue weighted by molar-refractivity contribution is -0.172. The first-order chi connectivity index (χ1) is 7.96. The lowest BCUT2D eigenvalue weighted by atomic mass is 9.79. The van der Waals surface area contributed by atoms with E-state index in [0.29, 0.717) is 13.2 Å². The smallest absolute Gasteiger partial charge is 0.308 e. The summed E-state index contributed by atoms with van der Waals surface area (Å²) in [5.41, 5.74) is -0.160. The number of carbonyl (C=O) groups excluding carboxylic acids is 1. The van der Waals surface area contributed by atoms with Crippen LogP contribution >= 0.6 is 0 Å². The summed E-state index contributed by atoms with van der Waals surface area (Å²) in [7, 11) is 0. The van der Waals surface area contributed by atoms with E-state index in [1.807, 2.05) is 20.8 Å². The van der Waals surface area contributed by atoms with Crippen molar-refractivity contribution in [3.05, 3.63) is 0 Å². The molecule has 1 saturated heterocycles. The van der Waals surface area contributed by atoms with Gasteiger partial charge in [-0.3, -0.25) is 4.79 Å². The van der Waals surface area contributed by atoms with Gasteiger partial charge in [0.05, 0.1) is 24.7 Å². The van der Waals surface area contributed by atoms with E-state index in [1.54, 1.807) is 0 Å². The van der Waals surface area contributed by atoms with Crippen LogP contribution in [0.25, 0.3) is 0 Å². The molecule has 0 N–H and O–H groups in total. The van der Waals surface area contributed by atoms with Crippen LogP contribution in [0, 0.1) is 5.92 Å². The summed E-state index contributed by atoms with van der Waals surface area (Å²) in [5, 5.41) is 0. The van der Waals surface area contributed by atoms with Crippen LogP contribution in [0.3, 0.4) is 0 Å². The van der Waals surface area contributed by atoms with Gasteiger partial charge in [-0.15, -0.1) is 0 Å². The lowest BCUT2D eigenvalue weighted by Crippen LogP contribution is -2.40. The Balaban J connectivity index is 1.88. The quantitative estimate of drug-likeness (QED) is 0.697. The molecule has 1 aliphatic carbocycles. The summed E-state index contributed by atoms with van der Waals surface area (Å²) in [5.74, 6) is -0.482. The molecule has 98 valence electrons. The van der Waals surface area contributed by atoms with Gasteiger partial charge in [0.1, 0.15) is 0 Å². The third kappa shape index (κ3) is 2.80. The van der Waals surface area contributed by atoms with Gasteiger partial charge in [0, 0.05) is 0 Å². The van der Waals surface area contributed by atoms with E-state index in [9.17, 15) is 4.79 Å². The van der Waals surface area contributed by atoms with Crippen LogP contribution in [0.5, 0.6) is 0 Å². The van der Waals surface area contributed by atoms with Gasteiger partial charge < -0.3 is 14.2 Å². The molecule has 0 aromatic rings. The zero-order valence-corrected chi connectivity index (χ0v) is 11.0. The van der Waals surface area contributed by atoms with Gasteiger partial charge in [0.2, 0.25) is 0 Å². The Morgan fingerprint density at radius 2 is 2.00 bits per heavy atom. The molecule has 2 fully saturated rings. The third-order valence-corrected chi connectivity index (χ3v) is 3.66. The Hall–Kier alpha value is -0.610. The highest BCUT2D eigenvalue weighted by Gasteiger charge is 2.48. The van der Waals surface area contributed by atoms with Crippen LogP contribution in [-0.4, -0.2) is 30.6 Å². The van der Waals surface area contributed by atoms with E-state index in [-0.39, 0.29) is 17.5 Å². The molecule has 0 atom stereocenters. The maximum absolute atomic E-state index is 11.6. The number of hydrogen-bond acceptors (Lipinski definition) is 4. The van der Waals surface area contributed by atoms with Gasteiger partial charge in [0.15, 0.2) is 5.79 Å². The van der Waals surface area contributed by atoms with E-state index >= 15 is 0 Å². The zero-order valence-electron chi connectivity index (χ0n) is 11.0. The minimum absolute atomic E-state index is 0.0490. The molecule has 1 heterocycles. The van der Waals surface area contributed by atoms with E-state index < -0.39 is 5.79 Å². The van der Waals surface area contributed by atoms with Crippen molar-refractivity contribution in [3.63, 3.8) is 0 Å². The number of ether oxygens (including phenoxy) is 3. The molecule has 1 saturated carbocycles. The lowest BCUT2D eigenvalue weighted by Gasteiger charge is -2.35. The largest absolute Gasteiger partial charge is 0.466 e. The molecule has 0 aromatic heterocycles. The van der Waals surface area contributed by atoms with Crippen molar-refractivity contribution >= 4 is 5.97 Å². The maximum atomic E-state index is 11.6. The minimum atomic E-state index is -0.475.